The maximum Gasteiger partial charge on any atom is 0.261 e. The third kappa shape index (κ3) is 4.33. The van der Waals surface area contributed by atoms with Crippen molar-refractivity contribution >= 4 is 130 Å². The average Bonchev–Trinajstić information content (AvgIpc) is 3.01. The largest absolute Gasteiger partial charge is 0.395 e. The number of fused-ring (bicyclic) bond motifs is 2. The molecule has 1 N–H and O–H groups in total. The van der Waals surface area contributed by atoms with Gasteiger partial charge >= 0.3 is 0 Å². The minimum absolute atomic E-state index is 0.112. The van der Waals surface area contributed by atoms with Crippen LogP contribution >= 0.6 is 63.7 Å². The monoisotopic (exact) mass is 858 g/mol. The van der Waals surface area contributed by atoms with Crippen LogP contribution in [0, 0.1) is 5.92 Å². The molecule has 5 aromatic rings. The Hall–Kier alpha value is -2.44. The van der Waals surface area contributed by atoms with E-state index in [4.69, 9.17) is 0 Å². The standard InChI is InChI=1S/C34H26Br4N2O5/c1-3-5-6-14(4-2)13-40-33(44)17-11-21(37)27-25-19(35)9-15-23-16(32(43)39(7-8-41)31(15)42)10-20(36)26(29(23)25)28-22(38)12-18(34(40)45)24(17)30(27)28/h9-12,14,41H,3-8,13H2,1-2H3. The van der Waals surface area contributed by atoms with Gasteiger partial charge in [-0.05, 0) is 36.6 Å². The van der Waals surface area contributed by atoms with Crippen molar-refractivity contribution in [2.45, 2.75) is 39.5 Å². The Morgan fingerprint density at radius 2 is 0.978 bits per heavy atom. The fourth-order valence-electron chi connectivity index (χ4n) is 7.20. The number of halogens is 4. The Kier molecular flexibility index (Phi) is 7.87. The summed E-state index contributed by atoms with van der Waals surface area (Å²) in [6, 6.07) is 7.04. The van der Waals surface area contributed by atoms with E-state index in [1.807, 2.05) is 0 Å². The number of benzene rings is 5. The number of carbonyl (C=O) groups is 4. The first-order chi connectivity index (χ1) is 21.5. The van der Waals surface area contributed by atoms with E-state index >= 15 is 0 Å². The number of aliphatic hydroxyl groups excluding tert-OH is 1. The Balaban J connectivity index is 1.59. The van der Waals surface area contributed by atoms with Gasteiger partial charge in [0.15, 0.2) is 0 Å². The third-order valence-electron chi connectivity index (χ3n) is 9.33. The van der Waals surface area contributed by atoms with Crippen LogP contribution in [-0.2, 0) is 0 Å². The number of imide groups is 2. The predicted octanol–water partition coefficient (Wildman–Crippen LogP) is 9.19. The topological polar surface area (TPSA) is 95.0 Å². The summed E-state index contributed by atoms with van der Waals surface area (Å²) in [6.07, 6.45) is 3.92. The summed E-state index contributed by atoms with van der Waals surface area (Å²) in [6.45, 7) is 4.15. The minimum atomic E-state index is -0.475. The van der Waals surface area contributed by atoms with E-state index in [1.54, 1.807) is 24.3 Å². The number of hydrogen-bond acceptors (Lipinski definition) is 5. The average molecular weight is 862 g/mol. The van der Waals surface area contributed by atoms with E-state index in [2.05, 4.69) is 77.6 Å². The van der Waals surface area contributed by atoms with Crippen molar-refractivity contribution in [2.75, 3.05) is 19.7 Å². The lowest BCUT2D eigenvalue weighted by atomic mass is 9.82. The second kappa shape index (κ2) is 11.4. The van der Waals surface area contributed by atoms with E-state index < -0.39 is 11.8 Å². The molecule has 2 aliphatic rings. The van der Waals surface area contributed by atoms with Crippen molar-refractivity contribution in [3.63, 3.8) is 0 Å². The van der Waals surface area contributed by atoms with Gasteiger partial charge in [0.2, 0.25) is 0 Å². The molecule has 7 nitrogen and oxygen atoms in total. The second-order valence-corrected chi connectivity index (χ2v) is 15.2. The summed E-state index contributed by atoms with van der Waals surface area (Å²) in [7, 11) is 0. The SMILES string of the molecule is CCCCC(CC)CN1C(=O)c2cc(Br)c3c4c(Br)cc5c6c(cc(Br)c(c7c(Br)cc(c2c37)C1=O)c64)C(=O)N(CCO)C5=O. The van der Waals surface area contributed by atoms with Crippen LogP contribution < -0.4 is 0 Å². The fourth-order valence-corrected chi connectivity index (χ4v) is 9.71. The molecule has 7 rings (SSSR count). The van der Waals surface area contributed by atoms with Gasteiger partial charge < -0.3 is 5.11 Å². The zero-order chi connectivity index (χ0) is 32.1. The number of unbranched alkanes of at least 4 members (excludes halogenated alkanes) is 1. The molecule has 0 fully saturated rings. The molecule has 2 aliphatic heterocycles. The zero-order valence-electron chi connectivity index (χ0n) is 24.3. The lowest BCUT2D eigenvalue weighted by molar-refractivity contribution is 0.0566. The lowest BCUT2D eigenvalue weighted by Crippen LogP contribution is -2.43. The van der Waals surface area contributed by atoms with Gasteiger partial charge in [-0.2, -0.15) is 0 Å². The van der Waals surface area contributed by atoms with Gasteiger partial charge in [0, 0.05) is 89.8 Å². The molecule has 11 heteroatoms. The molecule has 230 valence electrons. The van der Waals surface area contributed by atoms with Crippen LogP contribution in [0.3, 0.4) is 0 Å². The summed E-state index contributed by atoms with van der Waals surface area (Å²) in [5, 5.41) is 15.2. The van der Waals surface area contributed by atoms with Crippen molar-refractivity contribution in [2.24, 2.45) is 5.92 Å². The zero-order valence-corrected chi connectivity index (χ0v) is 30.7. The summed E-state index contributed by atoms with van der Waals surface area (Å²) in [5.74, 6) is -1.35. The third-order valence-corrected chi connectivity index (χ3v) is 11.8. The molecule has 1 unspecified atom stereocenters. The highest BCUT2D eigenvalue weighted by Crippen LogP contribution is 2.53. The van der Waals surface area contributed by atoms with Gasteiger partial charge in [-0.3, -0.25) is 29.0 Å². The van der Waals surface area contributed by atoms with Crippen molar-refractivity contribution in [1.82, 2.24) is 9.80 Å². The van der Waals surface area contributed by atoms with Gasteiger partial charge in [-0.1, -0.05) is 96.8 Å². The molecule has 2 heterocycles. The van der Waals surface area contributed by atoms with Crippen LogP contribution in [0.25, 0.3) is 43.1 Å². The quantitative estimate of drug-likeness (QED) is 0.0955. The first-order valence-corrected chi connectivity index (χ1v) is 18.0. The summed E-state index contributed by atoms with van der Waals surface area (Å²) >= 11 is 15.1. The van der Waals surface area contributed by atoms with Crippen molar-refractivity contribution in [3.8, 4) is 0 Å². The Bertz CT molecular complexity index is 2050. The van der Waals surface area contributed by atoms with Gasteiger partial charge in [0.25, 0.3) is 23.6 Å². The van der Waals surface area contributed by atoms with Crippen LogP contribution in [-0.4, -0.2) is 58.2 Å². The maximum absolute atomic E-state index is 14.1. The summed E-state index contributed by atoms with van der Waals surface area (Å²) in [5.41, 5.74) is 1.63. The van der Waals surface area contributed by atoms with Crippen LogP contribution in [0.4, 0.5) is 0 Å². The molecule has 0 aromatic heterocycles. The van der Waals surface area contributed by atoms with Gasteiger partial charge in [0.1, 0.15) is 0 Å². The van der Waals surface area contributed by atoms with Crippen LogP contribution in [0.1, 0.15) is 81.0 Å². The molecule has 1 atom stereocenters. The number of hydrogen-bond donors (Lipinski definition) is 1. The molecule has 0 bridgehead atoms. The number of β-amino-alcohol motifs (C(OH)–C–C–N with tert-alkyl or cyclic N) is 1. The van der Waals surface area contributed by atoms with E-state index in [0.717, 1.165) is 57.5 Å². The Morgan fingerprint density at radius 3 is 1.31 bits per heavy atom. The Labute approximate surface area is 292 Å². The van der Waals surface area contributed by atoms with Crippen molar-refractivity contribution < 1.29 is 24.3 Å². The molecule has 0 radical (unpaired) electrons. The maximum atomic E-state index is 14.1. The fraction of sp³-hybridized carbons (Fsp3) is 0.294. The predicted molar refractivity (Wildman–Crippen MR) is 190 cm³/mol. The van der Waals surface area contributed by atoms with E-state index in [0.29, 0.717) is 62.8 Å². The molecular formula is C34H26Br4N2O5. The molecule has 0 saturated heterocycles. The molecule has 0 saturated carbocycles. The number of carbonyl (C=O) groups excluding carboxylic acids is 4. The lowest BCUT2D eigenvalue weighted by Gasteiger charge is -2.32. The van der Waals surface area contributed by atoms with Gasteiger partial charge in [-0.15, -0.1) is 0 Å². The van der Waals surface area contributed by atoms with Gasteiger partial charge in [-0.25, -0.2) is 0 Å². The Morgan fingerprint density at radius 1 is 0.600 bits per heavy atom. The number of nitrogens with zero attached hydrogens (tertiary/aromatic N) is 2. The van der Waals surface area contributed by atoms with E-state index in [9.17, 15) is 24.3 Å². The highest BCUT2D eigenvalue weighted by Gasteiger charge is 2.39. The first kappa shape index (κ1) is 31.2. The first-order valence-electron chi connectivity index (χ1n) is 14.9. The molecule has 0 aliphatic carbocycles. The van der Waals surface area contributed by atoms with Crippen LogP contribution in [0.5, 0.6) is 0 Å². The highest BCUT2D eigenvalue weighted by atomic mass is 79.9. The normalized spacial score (nSPS) is 15.6. The highest BCUT2D eigenvalue weighted by molar-refractivity contribution is 9.11. The number of rotatable bonds is 8. The number of amides is 4. The molecule has 45 heavy (non-hydrogen) atoms. The van der Waals surface area contributed by atoms with Crippen LogP contribution in [0.15, 0.2) is 42.2 Å². The van der Waals surface area contributed by atoms with Gasteiger partial charge in [0.05, 0.1) is 13.2 Å². The smallest absolute Gasteiger partial charge is 0.261 e. The molecule has 0 spiro atoms. The summed E-state index contributed by atoms with van der Waals surface area (Å²) < 4.78 is 2.58. The molecular weight excluding hydrogens is 836 g/mol. The van der Waals surface area contributed by atoms with Crippen LogP contribution in [0.2, 0.25) is 0 Å². The number of aliphatic hydroxyl groups is 1. The second-order valence-electron chi connectivity index (χ2n) is 11.7. The van der Waals surface area contributed by atoms with E-state index in [1.165, 1.54) is 4.90 Å². The van der Waals surface area contributed by atoms with E-state index in [-0.39, 0.29) is 30.9 Å². The van der Waals surface area contributed by atoms with Crippen molar-refractivity contribution in [1.29, 1.82) is 0 Å². The van der Waals surface area contributed by atoms with Crippen molar-refractivity contribution in [3.05, 3.63) is 64.4 Å². The summed E-state index contributed by atoms with van der Waals surface area (Å²) in [4.78, 5) is 57.9. The minimum Gasteiger partial charge on any atom is -0.395 e. The molecule has 5 aromatic carbocycles. The molecule has 4 amide bonds.